The molecule has 0 fully saturated rings. The van der Waals surface area contributed by atoms with E-state index in [0.29, 0.717) is 0 Å². The monoisotopic (exact) mass is 213 g/mol. The van der Waals surface area contributed by atoms with E-state index in [4.69, 9.17) is 5.73 Å². The van der Waals surface area contributed by atoms with Gasteiger partial charge >= 0.3 is 6.18 Å². The standard InChI is InChI=1S/C10H6F3NO/c11-10(12,13)8-4-1-5-9(14)7(8)3-2-6-15/h1,4-6H,14H2. The van der Waals surface area contributed by atoms with Crippen LogP contribution in [0.3, 0.4) is 0 Å². The minimum atomic E-state index is -4.53. The van der Waals surface area contributed by atoms with Gasteiger partial charge in [-0.3, -0.25) is 4.79 Å². The minimum absolute atomic E-state index is 0.0980. The van der Waals surface area contributed by atoms with Crippen LogP contribution in [0, 0.1) is 11.8 Å². The summed E-state index contributed by atoms with van der Waals surface area (Å²) in [6.07, 6.45) is -4.31. The van der Waals surface area contributed by atoms with Crippen molar-refractivity contribution in [1.29, 1.82) is 0 Å². The Bertz CT molecular complexity index is 440. The molecule has 15 heavy (non-hydrogen) atoms. The molecule has 1 aromatic rings. The predicted molar refractivity (Wildman–Crippen MR) is 48.8 cm³/mol. The Kier molecular flexibility index (Phi) is 3.00. The fourth-order valence-corrected chi connectivity index (χ4v) is 1.05. The van der Waals surface area contributed by atoms with Gasteiger partial charge in [0.1, 0.15) is 0 Å². The Morgan fingerprint density at radius 3 is 2.53 bits per heavy atom. The van der Waals surface area contributed by atoms with E-state index in [0.717, 1.165) is 6.07 Å². The fraction of sp³-hybridized carbons (Fsp3) is 0.100. The topological polar surface area (TPSA) is 43.1 Å². The van der Waals surface area contributed by atoms with Crippen LogP contribution in [0.25, 0.3) is 0 Å². The lowest BCUT2D eigenvalue weighted by molar-refractivity contribution is -0.137. The van der Waals surface area contributed by atoms with Crippen LogP contribution in [0.2, 0.25) is 0 Å². The normalized spacial score (nSPS) is 10.3. The van der Waals surface area contributed by atoms with Crippen molar-refractivity contribution in [1.82, 2.24) is 0 Å². The summed E-state index contributed by atoms with van der Waals surface area (Å²) in [4.78, 5) is 9.95. The number of hydrogen-bond donors (Lipinski definition) is 1. The van der Waals surface area contributed by atoms with Gasteiger partial charge in [-0.15, -0.1) is 0 Å². The number of carbonyl (C=O) groups excluding carboxylic acids is 1. The van der Waals surface area contributed by atoms with Crippen molar-refractivity contribution in [2.75, 3.05) is 5.73 Å². The molecule has 0 heterocycles. The van der Waals surface area contributed by atoms with E-state index < -0.39 is 11.7 Å². The first-order valence-corrected chi connectivity index (χ1v) is 3.87. The van der Waals surface area contributed by atoms with Crippen molar-refractivity contribution in [2.45, 2.75) is 6.18 Å². The molecule has 0 bridgehead atoms. The van der Waals surface area contributed by atoms with E-state index in [2.05, 4.69) is 5.92 Å². The number of alkyl halides is 3. The highest BCUT2D eigenvalue weighted by atomic mass is 19.4. The van der Waals surface area contributed by atoms with Crippen LogP contribution in [-0.4, -0.2) is 6.29 Å². The van der Waals surface area contributed by atoms with E-state index in [1.165, 1.54) is 12.1 Å². The third-order valence-electron chi connectivity index (χ3n) is 1.66. The molecule has 0 amide bonds. The summed E-state index contributed by atoms with van der Waals surface area (Å²) >= 11 is 0. The molecular weight excluding hydrogens is 207 g/mol. The molecule has 1 rings (SSSR count). The third kappa shape index (κ3) is 2.50. The second-order valence-electron chi connectivity index (χ2n) is 2.65. The molecule has 0 atom stereocenters. The molecule has 0 aliphatic rings. The van der Waals surface area contributed by atoms with Crippen LogP contribution in [-0.2, 0) is 11.0 Å². The van der Waals surface area contributed by atoms with Gasteiger partial charge in [0.15, 0.2) is 6.29 Å². The Balaban J connectivity index is 3.39. The number of nitrogens with two attached hydrogens (primary N) is 1. The number of aldehydes is 1. The highest BCUT2D eigenvalue weighted by Gasteiger charge is 2.33. The number of carbonyl (C=O) groups is 1. The van der Waals surface area contributed by atoms with E-state index in [-0.39, 0.29) is 17.5 Å². The molecule has 2 N–H and O–H groups in total. The quantitative estimate of drug-likeness (QED) is 0.406. The van der Waals surface area contributed by atoms with Crippen LogP contribution < -0.4 is 5.73 Å². The van der Waals surface area contributed by atoms with Crippen LogP contribution in [0.15, 0.2) is 18.2 Å². The lowest BCUT2D eigenvalue weighted by atomic mass is 10.1. The van der Waals surface area contributed by atoms with Gasteiger partial charge in [-0.05, 0) is 18.1 Å². The van der Waals surface area contributed by atoms with Gasteiger partial charge in [-0.2, -0.15) is 13.2 Å². The van der Waals surface area contributed by atoms with Crippen molar-refractivity contribution in [3.8, 4) is 11.8 Å². The highest BCUT2D eigenvalue weighted by molar-refractivity contribution is 5.76. The van der Waals surface area contributed by atoms with E-state index in [9.17, 15) is 18.0 Å². The molecule has 0 saturated heterocycles. The van der Waals surface area contributed by atoms with Crippen LogP contribution in [0.5, 0.6) is 0 Å². The Morgan fingerprint density at radius 2 is 2.00 bits per heavy atom. The zero-order chi connectivity index (χ0) is 11.5. The molecule has 0 unspecified atom stereocenters. The summed E-state index contributed by atoms with van der Waals surface area (Å²) in [7, 11) is 0. The average Bonchev–Trinajstić information content (AvgIpc) is 2.14. The maximum absolute atomic E-state index is 12.4. The largest absolute Gasteiger partial charge is 0.417 e. The summed E-state index contributed by atoms with van der Waals surface area (Å²) in [5, 5.41) is 0. The zero-order valence-electron chi connectivity index (χ0n) is 7.43. The lowest BCUT2D eigenvalue weighted by Crippen LogP contribution is -2.09. The first-order chi connectivity index (χ1) is 6.96. The smallest absolute Gasteiger partial charge is 0.398 e. The molecule has 0 spiro atoms. The molecule has 78 valence electrons. The molecule has 5 heteroatoms. The maximum Gasteiger partial charge on any atom is 0.417 e. The Morgan fingerprint density at radius 1 is 1.33 bits per heavy atom. The number of halogens is 3. The van der Waals surface area contributed by atoms with Gasteiger partial charge in [-0.25, -0.2) is 0 Å². The molecule has 1 aromatic carbocycles. The third-order valence-corrected chi connectivity index (χ3v) is 1.66. The second-order valence-corrected chi connectivity index (χ2v) is 2.65. The number of rotatable bonds is 0. The number of anilines is 1. The van der Waals surface area contributed by atoms with Crippen LogP contribution in [0.4, 0.5) is 18.9 Å². The summed E-state index contributed by atoms with van der Waals surface area (Å²) in [6, 6.07) is 3.35. The van der Waals surface area contributed by atoms with Crippen LogP contribution in [0.1, 0.15) is 11.1 Å². The Labute approximate surface area is 83.9 Å². The predicted octanol–water partition coefficient (Wildman–Crippen LogP) is 1.84. The maximum atomic E-state index is 12.4. The van der Waals surface area contributed by atoms with Gasteiger partial charge < -0.3 is 5.73 Å². The molecule has 0 aromatic heterocycles. The summed E-state index contributed by atoms with van der Waals surface area (Å²) < 4.78 is 37.3. The molecule has 0 radical (unpaired) electrons. The van der Waals surface area contributed by atoms with Gasteiger partial charge in [0.2, 0.25) is 0 Å². The highest BCUT2D eigenvalue weighted by Crippen LogP contribution is 2.33. The van der Waals surface area contributed by atoms with Crippen molar-refractivity contribution in [3.63, 3.8) is 0 Å². The first kappa shape index (κ1) is 11.1. The first-order valence-electron chi connectivity index (χ1n) is 3.87. The lowest BCUT2D eigenvalue weighted by Gasteiger charge is -2.10. The van der Waals surface area contributed by atoms with Crippen molar-refractivity contribution >= 4 is 12.0 Å². The minimum Gasteiger partial charge on any atom is -0.398 e. The number of nitrogen functional groups attached to an aromatic ring is 1. The molecule has 2 nitrogen and oxygen atoms in total. The molecule has 0 aliphatic carbocycles. The van der Waals surface area contributed by atoms with Crippen molar-refractivity contribution in [3.05, 3.63) is 29.3 Å². The van der Waals surface area contributed by atoms with Gasteiger partial charge in [0.25, 0.3) is 0 Å². The van der Waals surface area contributed by atoms with Gasteiger partial charge in [-0.1, -0.05) is 12.0 Å². The van der Waals surface area contributed by atoms with E-state index >= 15 is 0 Å². The van der Waals surface area contributed by atoms with Gasteiger partial charge in [0, 0.05) is 5.69 Å². The van der Waals surface area contributed by atoms with E-state index in [1.807, 2.05) is 5.92 Å². The fourth-order valence-electron chi connectivity index (χ4n) is 1.05. The Hall–Kier alpha value is -1.96. The van der Waals surface area contributed by atoms with Gasteiger partial charge in [0.05, 0.1) is 11.1 Å². The van der Waals surface area contributed by atoms with Crippen LogP contribution >= 0.6 is 0 Å². The number of hydrogen-bond acceptors (Lipinski definition) is 2. The molecule has 0 saturated carbocycles. The van der Waals surface area contributed by atoms with Crippen molar-refractivity contribution in [2.24, 2.45) is 0 Å². The SMILES string of the molecule is Nc1cccc(C(F)(F)F)c1C#CC=O. The van der Waals surface area contributed by atoms with Crippen molar-refractivity contribution < 1.29 is 18.0 Å². The molecule has 0 aliphatic heterocycles. The van der Waals surface area contributed by atoms with E-state index in [1.54, 1.807) is 0 Å². The summed E-state index contributed by atoms with van der Waals surface area (Å²) in [5.41, 5.74) is 3.95. The average molecular weight is 213 g/mol. The zero-order valence-corrected chi connectivity index (χ0v) is 7.43. The number of benzene rings is 1. The second kappa shape index (κ2) is 4.05. The summed E-state index contributed by atoms with van der Waals surface area (Å²) in [6.45, 7) is 0. The molecular formula is C10H6F3NO. The summed E-state index contributed by atoms with van der Waals surface area (Å²) in [5.74, 6) is 3.98.